The molecular formula is C97H162O12. The molecule has 19 rings (SSSR count). The summed E-state index contributed by atoms with van der Waals surface area (Å²) in [4.78, 5) is 60.0. The van der Waals surface area contributed by atoms with E-state index in [1.807, 2.05) is 48.5 Å². The van der Waals surface area contributed by atoms with Crippen LogP contribution in [0.4, 0.5) is 0 Å². The maximum Gasteiger partial charge on any atom is 0.312 e. The Labute approximate surface area is 664 Å². The maximum absolute atomic E-state index is 13.2. The fourth-order valence-corrected chi connectivity index (χ4v) is 30.1. The van der Waals surface area contributed by atoms with Crippen LogP contribution in [0.5, 0.6) is 0 Å². The molecule has 18 bridgehead atoms. The first-order chi connectivity index (χ1) is 50.8. The molecule has 109 heavy (non-hydrogen) atoms. The Hall–Kier alpha value is -2.73. The van der Waals surface area contributed by atoms with Crippen LogP contribution in [0.25, 0.3) is 0 Å². The molecule has 1 spiro atoms. The SMILES string of the molecule is CC(=O)OCC1CC2CC1C(C)C2C.CC1C2CC(C(=O)OC(C)(C)C)C(C2)C1C.CC1C2CC(C(=O)OC(C)(C)C34CC5CC(CC(C5)C3)C4)C(C2)C1C.CC1C2CC(C1C)C(C(C)(C)O)C2.CC1C2CC(C1C)C1(CCOC1=O)C2.CC1C2CC(O)C(C2)C1C.CCC(C)(C)OC(=O)C1CC2CC1C(C)C2C. The summed E-state index contributed by atoms with van der Waals surface area (Å²) in [6.07, 6.45) is 27.2. The Bertz CT molecular complexity index is 3120. The summed E-state index contributed by atoms with van der Waals surface area (Å²) < 4.78 is 27.9. The molecule has 1 aliphatic heterocycles. The number of aliphatic hydroxyl groups is 2. The topological polar surface area (TPSA) is 172 Å². The number of rotatable bonds is 10. The first-order valence-corrected chi connectivity index (χ1v) is 46.2. The van der Waals surface area contributed by atoms with Gasteiger partial charge in [-0.25, -0.2) is 0 Å². The van der Waals surface area contributed by atoms with Crippen LogP contribution in [-0.2, 0) is 47.7 Å². The molecule has 0 aromatic heterocycles. The van der Waals surface area contributed by atoms with Crippen LogP contribution < -0.4 is 0 Å². The normalized spacial score (nSPS) is 49.3. The number of carbonyl (C=O) groups is 5. The first kappa shape index (κ1) is 85.6. The van der Waals surface area contributed by atoms with Gasteiger partial charge in [-0.3, -0.25) is 24.0 Å². The van der Waals surface area contributed by atoms with Crippen molar-refractivity contribution < 1.29 is 57.9 Å². The maximum atomic E-state index is 13.2. The van der Waals surface area contributed by atoms with E-state index >= 15 is 0 Å². The molecule has 0 radical (unpaired) electrons. The van der Waals surface area contributed by atoms with Gasteiger partial charge in [-0.1, -0.05) is 104 Å². The number of ether oxygens (including phenoxy) is 5. The van der Waals surface area contributed by atoms with Crippen molar-refractivity contribution in [2.45, 2.75) is 343 Å². The van der Waals surface area contributed by atoms with E-state index in [-0.39, 0.29) is 81.3 Å². The van der Waals surface area contributed by atoms with Gasteiger partial charge in [0.05, 0.1) is 48.1 Å². The van der Waals surface area contributed by atoms with E-state index in [9.17, 15) is 34.2 Å². The van der Waals surface area contributed by atoms with Crippen molar-refractivity contribution in [3.63, 3.8) is 0 Å². The number of hydrogen-bond donors (Lipinski definition) is 2. The molecule has 35 unspecified atom stereocenters. The first-order valence-electron chi connectivity index (χ1n) is 46.2. The molecule has 12 heteroatoms. The van der Waals surface area contributed by atoms with Crippen molar-refractivity contribution in [2.24, 2.45) is 224 Å². The van der Waals surface area contributed by atoms with Crippen LogP contribution in [0.1, 0.15) is 314 Å². The summed E-state index contributed by atoms with van der Waals surface area (Å²) in [5.41, 5.74) is -1.14. The van der Waals surface area contributed by atoms with Crippen LogP contribution in [0.15, 0.2) is 0 Å². The number of fused-ring (bicyclic) bond motifs is 15. The molecule has 0 amide bonds. The molecule has 19 aliphatic rings. The van der Waals surface area contributed by atoms with Gasteiger partial charge >= 0.3 is 29.8 Å². The van der Waals surface area contributed by atoms with Gasteiger partial charge in [-0.05, 0) is 399 Å². The third-order valence-electron chi connectivity index (χ3n) is 38.4. The number of carbonyl (C=O) groups excluding carboxylic acids is 5. The molecule has 622 valence electrons. The van der Waals surface area contributed by atoms with E-state index in [0.717, 1.165) is 181 Å². The number of cyclic esters (lactones) is 1. The molecule has 1 heterocycles. The monoisotopic (exact) mass is 1520 g/mol. The number of aliphatic hydroxyl groups excluding tert-OH is 1. The van der Waals surface area contributed by atoms with E-state index < -0.39 is 5.60 Å². The Kier molecular flexibility index (Phi) is 25.4. The van der Waals surface area contributed by atoms with Gasteiger partial charge in [-0.2, -0.15) is 0 Å². The largest absolute Gasteiger partial charge is 0.466 e. The van der Waals surface area contributed by atoms with Crippen LogP contribution in [0.2, 0.25) is 0 Å². The van der Waals surface area contributed by atoms with E-state index in [4.69, 9.17) is 23.7 Å². The quantitative estimate of drug-likeness (QED) is 0.157. The Morgan fingerprint density at radius 2 is 0.817 bits per heavy atom. The van der Waals surface area contributed by atoms with Crippen LogP contribution >= 0.6 is 0 Å². The molecule has 19 fully saturated rings. The van der Waals surface area contributed by atoms with Crippen LogP contribution in [0, 0.1) is 224 Å². The molecule has 2 N–H and O–H groups in total. The van der Waals surface area contributed by atoms with Gasteiger partial charge < -0.3 is 33.9 Å². The fourth-order valence-electron chi connectivity index (χ4n) is 30.1. The number of esters is 5. The molecular weight excluding hydrogens is 1360 g/mol. The highest BCUT2D eigenvalue weighted by Gasteiger charge is 2.65. The van der Waals surface area contributed by atoms with Crippen molar-refractivity contribution in [2.75, 3.05) is 13.2 Å². The lowest BCUT2D eigenvalue weighted by molar-refractivity contribution is -0.204. The summed E-state index contributed by atoms with van der Waals surface area (Å²) in [7, 11) is 0. The van der Waals surface area contributed by atoms with Crippen molar-refractivity contribution in [1.82, 2.24) is 0 Å². The van der Waals surface area contributed by atoms with E-state index in [1.54, 1.807) is 0 Å². The summed E-state index contributed by atoms with van der Waals surface area (Å²) in [6, 6.07) is 0. The highest BCUT2D eigenvalue weighted by molar-refractivity contribution is 5.80. The van der Waals surface area contributed by atoms with Crippen LogP contribution in [-0.4, -0.2) is 81.8 Å². The van der Waals surface area contributed by atoms with Gasteiger partial charge in [0, 0.05) is 12.3 Å². The second kappa shape index (κ2) is 32.3. The van der Waals surface area contributed by atoms with Crippen LogP contribution in [0.3, 0.4) is 0 Å². The van der Waals surface area contributed by atoms with Crippen molar-refractivity contribution in [1.29, 1.82) is 0 Å². The Morgan fingerprint density at radius 1 is 0.431 bits per heavy atom. The summed E-state index contributed by atoms with van der Waals surface area (Å²) in [5, 5.41) is 19.6. The summed E-state index contributed by atoms with van der Waals surface area (Å²) in [5.74, 6) is 26.1. The zero-order chi connectivity index (χ0) is 79.8. The van der Waals surface area contributed by atoms with Gasteiger partial charge in [0.15, 0.2) is 0 Å². The minimum Gasteiger partial charge on any atom is -0.466 e. The van der Waals surface area contributed by atoms with Gasteiger partial charge in [0.25, 0.3) is 0 Å². The number of hydrogen-bond acceptors (Lipinski definition) is 12. The predicted octanol–water partition coefficient (Wildman–Crippen LogP) is 21.4. The molecule has 18 saturated carbocycles. The predicted molar refractivity (Wildman–Crippen MR) is 433 cm³/mol. The average molecular weight is 1520 g/mol. The van der Waals surface area contributed by atoms with Gasteiger partial charge in [-0.15, -0.1) is 0 Å². The molecule has 1 saturated heterocycles. The highest BCUT2D eigenvalue weighted by Crippen LogP contribution is 2.67. The zero-order valence-electron chi connectivity index (χ0n) is 73.8. The fraction of sp³-hybridized carbons (Fsp3) is 0.948. The minimum absolute atomic E-state index is 0.0381. The molecule has 18 aliphatic carbocycles. The molecule has 12 nitrogen and oxygen atoms in total. The standard InChI is InChI=1S/C23H36O2.C15H26O2.C14H24O2.C12H18O2.C12H20O2.C12H22O.C9H16O/c1-13-14(2)19-8-18(13)9-20(19)21(24)25-22(3,4)23-10-15-5-16(11-23)7-17(6-15)12-23;1-6-15(4,5)17-14(16)13-8-11-7-12(13)10(3)9(11)2;1-8-9(2)11-6-10(8)7-12(11)13(15)16-14(3,4)5;1-7-8(2)10-5-9(7)6-12(10)3-4-14-11(12)13;1-7-8(2)12-5-10(7)4-11(12)6-14-9(3)13;1-7-8(2)10-5-9(7)6-11(10)12(3,4)13;1-5-6(2)8-3-7(5)4-9(8)10/h13-20H,5-12H2,1-4H3;9-13H,6-8H2,1-5H3;8-12H,6-7H2,1-5H3;7-10H,3-6H2,1-2H3;7-8,10-12H,4-6H2,1-3H3;7-11,13H,5-6H2,1-4H3;5-10H,3-4H2,1-2H3. The lowest BCUT2D eigenvalue weighted by atomic mass is 9.46. The highest BCUT2D eigenvalue weighted by atomic mass is 16.6. The summed E-state index contributed by atoms with van der Waals surface area (Å²) in [6.45, 7) is 56.0. The molecule has 35 atom stereocenters. The molecule has 0 aromatic carbocycles. The van der Waals surface area contributed by atoms with E-state index in [1.165, 1.54) is 103 Å². The second-order valence-electron chi connectivity index (χ2n) is 45.7. The van der Waals surface area contributed by atoms with Gasteiger partial charge in [0.1, 0.15) is 16.8 Å². The summed E-state index contributed by atoms with van der Waals surface area (Å²) >= 11 is 0. The van der Waals surface area contributed by atoms with E-state index in [2.05, 4.69) is 118 Å². The van der Waals surface area contributed by atoms with Crippen molar-refractivity contribution >= 4 is 29.8 Å². The molecule has 0 aromatic rings. The third-order valence-corrected chi connectivity index (χ3v) is 38.4. The lowest BCUT2D eigenvalue weighted by Gasteiger charge is -2.61. The average Bonchev–Trinajstić information content (AvgIpc) is 1.28. The lowest BCUT2D eigenvalue weighted by Crippen LogP contribution is -2.57. The Balaban J connectivity index is 0.000000121. The van der Waals surface area contributed by atoms with E-state index in [0.29, 0.717) is 72.4 Å². The Morgan fingerprint density at radius 3 is 1.16 bits per heavy atom. The third kappa shape index (κ3) is 16.8. The van der Waals surface area contributed by atoms with Crippen molar-refractivity contribution in [3.8, 4) is 0 Å². The second-order valence-corrected chi connectivity index (χ2v) is 45.7. The van der Waals surface area contributed by atoms with Gasteiger partial charge in [0.2, 0.25) is 0 Å². The smallest absolute Gasteiger partial charge is 0.312 e. The van der Waals surface area contributed by atoms with Crippen molar-refractivity contribution in [3.05, 3.63) is 0 Å². The minimum atomic E-state index is -0.451. The zero-order valence-corrected chi connectivity index (χ0v) is 73.8.